The Balaban J connectivity index is 2.15. The molecule has 0 fully saturated rings. The molecule has 0 saturated carbocycles. The van der Waals surface area contributed by atoms with Crippen LogP contribution >= 0.6 is 11.5 Å². The van der Waals surface area contributed by atoms with E-state index in [1.807, 2.05) is 32.2 Å². The lowest BCUT2D eigenvalue weighted by Gasteiger charge is -2.30. The summed E-state index contributed by atoms with van der Waals surface area (Å²) in [6.45, 7) is 8.61. The van der Waals surface area contributed by atoms with E-state index in [4.69, 9.17) is 0 Å². The van der Waals surface area contributed by atoms with E-state index in [2.05, 4.69) is 45.9 Å². The molecule has 1 aromatic carbocycles. The highest BCUT2D eigenvalue weighted by Gasteiger charge is 2.22. The highest BCUT2D eigenvalue weighted by molar-refractivity contribution is 7.10. The first-order valence-electron chi connectivity index (χ1n) is 8.33. The second kappa shape index (κ2) is 8.80. The van der Waals surface area contributed by atoms with E-state index in [0.29, 0.717) is 12.1 Å². The van der Waals surface area contributed by atoms with E-state index < -0.39 is 0 Å². The van der Waals surface area contributed by atoms with Crippen molar-refractivity contribution >= 4 is 22.4 Å². The average molecular weight is 347 g/mol. The molecule has 1 heterocycles. The molecular formula is C18H26N4OS. The lowest BCUT2D eigenvalue weighted by Crippen LogP contribution is -2.38. The van der Waals surface area contributed by atoms with Gasteiger partial charge in [0.2, 0.25) is 0 Å². The van der Waals surface area contributed by atoms with E-state index >= 15 is 0 Å². The molecule has 0 saturated heterocycles. The zero-order valence-corrected chi connectivity index (χ0v) is 15.6. The minimum Gasteiger partial charge on any atom is -0.378 e. The van der Waals surface area contributed by atoms with Gasteiger partial charge in [0, 0.05) is 13.6 Å². The van der Waals surface area contributed by atoms with Gasteiger partial charge >= 0.3 is 0 Å². The second-order valence-corrected chi connectivity index (χ2v) is 6.35. The summed E-state index contributed by atoms with van der Waals surface area (Å²) < 4.78 is 4.27. The third-order valence-corrected chi connectivity index (χ3v) is 5.17. The minimum atomic E-state index is -0.0707. The Morgan fingerprint density at radius 2 is 1.92 bits per heavy atom. The zero-order chi connectivity index (χ0) is 17.5. The highest BCUT2D eigenvalue weighted by atomic mass is 32.1. The van der Waals surface area contributed by atoms with Crippen LogP contribution in [0.1, 0.15) is 41.5 Å². The van der Waals surface area contributed by atoms with Crippen molar-refractivity contribution < 1.29 is 4.79 Å². The molecule has 5 nitrogen and oxygen atoms in total. The largest absolute Gasteiger partial charge is 0.378 e. The van der Waals surface area contributed by atoms with Crippen LogP contribution in [-0.2, 0) is 0 Å². The number of benzene rings is 1. The molecule has 24 heavy (non-hydrogen) atoms. The van der Waals surface area contributed by atoms with Gasteiger partial charge < -0.3 is 10.6 Å². The Hall–Kier alpha value is -1.92. The fourth-order valence-electron chi connectivity index (χ4n) is 2.88. The maximum atomic E-state index is 12.6. The number of hydrogen-bond donors (Lipinski definition) is 2. The van der Waals surface area contributed by atoms with Crippen molar-refractivity contribution in [3.8, 4) is 0 Å². The standard InChI is InChI=1S/C18H26N4OS/c1-5-22(6-2)15(14-10-8-7-9-11-14)12-20-17(23)16-13(3)21-24-18(16)19-4/h7-11,15,19H,5-6,12H2,1-4H3,(H,20,23). The summed E-state index contributed by atoms with van der Waals surface area (Å²) in [7, 11) is 1.81. The van der Waals surface area contributed by atoms with Gasteiger partial charge in [-0.2, -0.15) is 4.37 Å². The van der Waals surface area contributed by atoms with Crippen LogP contribution < -0.4 is 10.6 Å². The molecule has 1 aromatic heterocycles. The summed E-state index contributed by atoms with van der Waals surface area (Å²) in [5.41, 5.74) is 2.63. The number of nitrogens with zero attached hydrogens (tertiary/aromatic N) is 2. The van der Waals surface area contributed by atoms with Crippen molar-refractivity contribution in [3.05, 3.63) is 47.2 Å². The van der Waals surface area contributed by atoms with Gasteiger partial charge in [-0.25, -0.2) is 0 Å². The van der Waals surface area contributed by atoms with Crippen LogP contribution in [0.4, 0.5) is 5.00 Å². The molecule has 1 unspecified atom stereocenters. The number of hydrogen-bond acceptors (Lipinski definition) is 5. The number of likely N-dealkylation sites (N-methyl/N-ethyl adjacent to an activating group) is 1. The smallest absolute Gasteiger partial charge is 0.256 e. The molecule has 0 radical (unpaired) electrons. The topological polar surface area (TPSA) is 57.3 Å². The molecule has 0 aliphatic heterocycles. The van der Waals surface area contributed by atoms with Crippen LogP contribution in [0, 0.1) is 6.92 Å². The van der Waals surface area contributed by atoms with Crippen molar-refractivity contribution in [2.45, 2.75) is 26.8 Å². The molecule has 2 rings (SSSR count). The second-order valence-electron chi connectivity index (χ2n) is 5.58. The van der Waals surface area contributed by atoms with Crippen molar-refractivity contribution in [1.29, 1.82) is 0 Å². The normalized spacial score (nSPS) is 12.2. The van der Waals surface area contributed by atoms with Crippen LogP contribution in [0.3, 0.4) is 0 Å². The third-order valence-electron chi connectivity index (χ3n) is 4.21. The minimum absolute atomic E-state index is 0.0707. The van der Waals surface area contributed by atoms with Crippen molar-refractivity contribution in [2.24, 2.45) is 0 Å². The number of carbonyl (C=O) groups excluding carboxylic acids is 1. The molecule has 6 heteroatoms. The molecule has 0 bridgehead atoms. The average Bonchev–Trinajstić information content (AvgIpc) is 3.00. The monoisotopic (exact) mass is 346 g/mol. The molecule has 0 spiro atoms. The molecule has 0 aliphatic carbocycles. The van der Waals surface area contributed by atoms with Crippen molar-refractivity contribution in [2.75, 3.05) is 32.0 Å². The van der Waals surface area contributed by atoms with E-state index in [0.717, 1.165) is 23.8 Å². The van der Waals surface area contributed by atoms with Gasteiger partial charge in [-0.05, 0) is 37.1 Å². The Labute approximate surface area is 148 Å². The maximum Gasteiger partial charge on any atom is 0.256 e. The summed E-state index contributed by atoms with van der Waals surface area (Å²) >= 11 is 1.32. The van der Waals surface area contributed by atoms with E-state index in [-0.39, 0.29) is 11.9 Å². The van der Waals surface area contributed by atoms with Gasteiger partial charge in [0.05, 0.1) is 17.3 Å². The predicted molar refractivity (Wildman–Crippen MR) is 101 cm³/mol. The van der Waals surface area contributed by atoms with Gasteiger partial charge in [0.15, 0.2) is 0 Å². The molecule has 2 N–H and O–H groups in total. The van der Waals surface area contributed by atoms with E-state index in [1.165, 1.54) is 17.1 Å². The van der Waals surface area contributed by atoms with Crippen LogP contribution in [-0.4, -0.2) is 41.9 Å². The molecule has 1 amide bonds. The van der Waals surface area contributed by atoms with Crippen molar-refractivity contribution in [1.82, 2.24) is 14.6 Å². The first kappa shape index (κ1) is 18.4. The number of nitrogens with one attached hydrogen (secondary N) is 2. The van der Waals surface area contributed by atoms with E-state index in [9.17, 15) is 4.79 Å². The number of carbonyl (C=O) groups is 1. The fourth-order valence-corrected chi connectivity index (χ4v) is 3.63. The van der Waals surface area contributed by atoms with Crippen molar-refractivity contribution in [3.63, 3.8) is 0 Å². The Kier molecular flexibility index (Phi) is 6.75. The lowest BCUT2D eigenvalue weighted by molar-refractivity contribution is 0.0935. The Morgan fingerprint density at radius 3 is 2.50 bits per heavy atom. The van der Waals surface area contributed by atoms with Crippen LogP contribution in [0.15, 0.2) is 30.3 Å². The number of amides is 1. The van der Waals surface area contributed by atoms with Gasteiger partial charge in [0.1, 0.15) is 5.00 Å². The first-order valence-corrected chi connectivity index (χ1v) is 9.10. The fraction of sp³-hybridized carbons (Fsp3) is 0.444. The summed E-state index contributed by atoms with van der Waals surface area (Å²) in [6.07, 6.45) is 0. The lowest BCUT2D eigenvalue weighted by atomic mass is 10.0. The van der Waals surface area contributed by atoms with Crippen LogP contribution in [0.5, 0.6) is 0 Å². The van der Waals surface area contributed by atoms with Gasteiger partial charge in [0.25, 0.3) is 5.91 Å². The number of aryl methyl sites for hydroxylation is 1. The van der Waals surface area contributed by atoms with Crippen LogP contribution in [0.2, 0.25) is 0 Å². The Morgan fingerprint density at radius 1 is 1.25 bits per heavy atom. The molecule has 0 aliphatic rings. The summed E-state index contributed by atoms with van der Waals surface area (Å²) in [6, 6.07) is 10.5. The number of anilines is 1. The number of aromatic nitrogens is 1. The summed E-state index contributed by atoms with van der Waals surface area (Å²) in [5.74, 6) is -0.0707. The van der Waals surface area contributed by atoms with Gasteiger partial charge in [-0.1, -0.05) is 44.2 Å². The Bertz CT molecular complexity index is 652. The highest BCUT2D eigenvalue weighted by Crippen LogP contribution is 2.24. The quantitative estimate of drug-likeness (QED) is 0.770. The predicted octanol–water partition coefficient (Wildman–Crippen LogP) is 3.31. The van der Waals surface area contributed by atoms with Crippen LogP contribution in [0.25, 0.3) is 0 Å². The third kappa shape index (κ3) is 4.13. The maximum absolute atomic E-state index is 12.6. The molecular weight excluding hydrogens is 320 g/mol. The summed E-state index contributed by atoms with van der Waals surface area (Å²) in [4.78, 5) is 15.0. The van der Waals surface area contributed by atoms with Gasteiger partial charge in [-0.3, -0.25) is 9.69 Å². The molecule has 130 valence electrons. The van der Waals surface area contributed by atoms with E-state index in [1.54, 1.807) is 0 Å². The van der Waals surface area contributed by atoms with Gasteiger partial charge in [-0.15, -0.1) is 0 Å². The molecule has 1 atom stereocenters. The molecule has 2 aromatic rings. The zero-order valence-electron chi connectivity index (χ0n) is 14.8. The SMILES string of the molecule is CCN(CC)C(CNC(=O)c1c(C)nsc1NC)c1ccccc1. The first-order chi connectivity index (χ1) is 11.6. The number of rotatable bonds is 8. The summed E-state index contributed by atoms with van der Waals surface area (Å²) in [5, 5.41) is 6.95.